The molecule has 0 radical (unpaired) electrons. The van der Waals surface area contributed by atoms with Gasteiger partial charge in [-0.05, 0) is 37.1 Å². The molecule has 0 aliphatic carbocycles. The molecule has 3 rings (SSSR count). The van der Waals surface area contributed by atoms with E-state index in [1.165, 1.54) is 0 Å². The zero-order chi connectivity index (χ0) is 15.7. The van der Waals surface area contributed by atoms with E-state index in [0.29, 0.717) is 24.4 Å². The number of hydrogen-bond donors (Lipinski definition) is 1. The van der Waals surface area contributed by atoms with Crippen molar-refractivity contribution in [1.82, 2.24) is 0 Å². The number of carbonyl (C=O) groups excluding carboxylic acids is 1. The van der Waals surface area contributed by atoms with E-state index in [2.05, 4.69) is 0 Å². The standard InChI is InChI=1S/C18H18ClNO2/c1-18(22)10-11-20(16-5-3-2-4-15(16)18)17(21)12-13-6-8-14(19)9-7-13/h2-9,22H,10-12H2,1H3. The van der Waals surface area contributed by atoms with Crippen LogP contribution in [0.4, 0.5) is 5.69 Å². The van der Waals surface area contributed by atoms with Crippen LogP contribution in [0.5, 0.6) is 0 Å². The van der Waals surface area contributed by atoms with Crippen molar-refractivity contribution in [2.75, 3.05) is 11.4 Å². The molecule has 0 saturated carbocycles. The maximum atomic E-state index is 12.6. The Labute approximate surface area is 135 Å². The number of para-hydroxylation sites is 1. The normalized spacial score (nSPS) is 20.6. The highest BCUT2D eigenvalue weighted by Crippen LogP contribution is 2.38. The molecule has 1 unspecified atom stereocenters. The Kier molecular flexibility index (Phi) is 3.94. The number of benzene rings is 2. The molecule has 0 saturated heterocycles. The lowest BCUT2D eigenvalue weighted by molar-refractivity contribution is -0.118. The minimum absolute atomic E-state index is 0.0327. The van der Waals surface area contributed by atoms with Gasteiger partial charge in [0.05, 0.1) is 12.0 Å². The molecule has 114 valence electrons. The predicted molar refractivity (Wildman–Crippen MR) is 88.1 cm³/mol. The Balaban J connectivity index is 1.86. The molecule has 1 atom stereocenters. The van der Waals surface area contributed by atoms with Gasteiger partial charge in [-0.2, -0.15) is 0 Å². The number of carbonyl (C=O) groups is 1. The van der Waals surface area contributed by atoms with Crippen LogP contribution in [0.25, 0.3) is 0 Å². The predicted octanol–water partition coefficient (Wildman–Crippen LogP) is 3.53. The van der Waals surface area contributed by atoms with Gasteiger partial charge in [0.2, 0.25) is 5.91 Å². The van der Waals surface area contributed by atoms with E-state index in [4.69, 9.17) is 11.6 Å². The smallest absolute Gasteiger partial charge is 0.231 e. The van der Waals surface area contributed by atoms with Gasteiger partial charge >= 0.3 is 0 Å². The maximum absolute atomic E-state index is 12.6. The molecule has 4 heteroatoms. The first-order valence-corrected chi connectivity index (χ1v) is 7.72. The molecule has 2 aromatic carbocycles. The van der Waals surface area contributed by atoms with Crippen LogP contribution in [0.2, 0.25) is 5.02 Å². The van der Waals surface area contributed by atoms with E-state index in [0.717, 1.165) is 16.8 Å². The maximum Gasteiger partial charge on any atom is 0.231 e. The summed E-state index contributed by atoms with van der Waals surface area (Å²) in [7, 11) is 0. The van der Waals surface area contributed by atoms with Gasteiger partial charge in [-0.15, -0.1) is 0 Å². The Hall–Kier alpha value is -1.84. The van der Waals surface area contributed by atoms with Crippen LogP contribution in [0.1, 0.15) is 24.5 Å². The Bertz CT molecular complexity index is 694. The van der Waals surface area contributed by atoms with Crippen LogP contribution < -0.4 is 4.90 Å². The zero-order valence-electron chi connectivity index (χ0n) is 12.4. The van der Waals surface area contributed by atoms with Gasteiger partial charge in [0.15, 0.2) is 0 Å². The van der Waals surface area contributed by atoms with Crippen LogP contribution in [0.15, 0.2) is 48.5 Å². The lowest BCUT2D eigenvalue weighted by atomic mass is 9.87. The second-order valence-electron chi connectivity index (χ2n) is 5.89. The lowest BCUT2D eigenvalue weighted by Crippen LogP contribution is -2.42. The van der Waals surface area contributed by atoms with Crippen LogP contribution in [0.3, 0.4) is 0 Å². The Morgan fingerprint density at radius 2 is 1.91 bits per heavy atom. The van der Waals surface area contributed by atoms with Crippen LogP contribution in [-0.2, 0) is 16.8 Å². The Morgan fingerprint density at radius 3 is 2.64 bits per heavy atom. The third-order valence-electron chi connectivity index (χ3n) is 4.17. The SMILES string of the molecule is CC1(O)CCN(C(=O)Cc2ccc(Cl)cc2)c2ccccc21. The molecule has 2 aromatic rings. The Morgan fingerprint density at radius 1 is 1.23 bits per heavy atom. The third-order valence-corrected chi connectivity index (χ3v) is 4.42. The molecule has 1 heterocycles. The number of aliphatic hydroxyl groups is 1. The van der Waals surface area contributed by atoms with E-state index in [9.17, 15) is 9.90 Å². The number of amides is 1. The monoisotopic (exact) mass is 315 g/mol. The molecular formula is C18H18ClNO2. The number of rotatable bonds is 2. The van der Waals surface area contributed by atoms with Gasteiger partial charge in [-0.3, -0.25) is 4.79 Å². The number of halogens is 1. The van der Waals surface area contributed by atoms with Gasteiger partial charge < -0.3 is 10.0 Å². The van der Waals surface area contributed by atoms with Crippen molar-refractivity contribution < 1.29 is 9.90 Å². The van der Waals surface area contributed by atoms with E-state index >= 15 is 0 Å². The highest BCUT2D eigenvalue weighted by Gasteiger charge is 2.34. The highest BCUT2D eigenvalue weighted by atomic mass is 35.5. The fourth-order valence-corrected chi connectivity index (χ4v) is 3.01. The second kappa shape index (κ2) is 5.75. The molecule has 0 fully saturated rings. The first-order valence-electron chi connectivity index (χ1n) is 7.34. The van der Waals surface area contributed by atoms with Crippen molar-refractivity contribution in [3.05, 3.63) is 64.7 Å². The highest BCUT2D eigenvalue weighted by molar-refractivity contribution is 6.30. The average Bonchev–Trinajstić information content (AvgIpc) is 2.50. The summed E-state index contributed by atoms with van der Waals surface area (Å²) in [5, 5.41) is 11.2. The zero-order valence-corrected chi connectivity index (χ0v) is 13.2. The lowest BCUT2D eigenvalue weighted by Gasteiger charge is -2.38. The first kappa shape index (κ1) is 15.1. The van der Waals surface area contributed by atoms with E-state index in [1.807, 2.05) is 36.4 Å². The minimum atomic E-state index is -0.881. The van der Waals surface area contributed by atoms with Gasteiger partial charge in [0.25, 0.3) is 0 Å². The summed E-state index contributed by atoms with van der Waals surface area (Å²) in [6.45, 7) is 2.32. The van der Waals surface area contributed by atoms with Crippen LogP contribution in [-0.4, -0.2) is 17.6 Å². The molecule has 0 bridgehead atoms. The van der Waals surface area contributed by atoms with Crippen LogP contribution >= 0.6 is 11.6 Å². The van der Waals surface area contributed by atoms with Crippen LogP contribution in [0, 0.1) is 0 Å². The number of hydrogen-bond acceptors (Lipinski definition) is 2. The van der Waals surface area contributed by atoms with Gasteiger partial charge in [-0.1, -0.05) is 41.9 Å². The fourth-order valence-electron chi connectivity index (χ4n) is 2.88. The largest absolute Gasteiger partial charge is 0.385 e. The molecule has 3 nitrogen and oxygen atoms in total. The first-order chi connectivity index (χ1) is 10.5. The molecule has 22 heavy (non-hydrogen) atoms. The van der Waals surface area contributed by atoms with Crippen molar-refractivity contribution in [2.45, 2.75) is 25.4 Å². The number of nitrogens with zero attached hydrogens (tertiary/aromatic N) is 1. The summed E-state index contributed by atoms with van der Waals surface area (Å²) < 4.78 is 0. The summed E-state index contributed by atoms with van der Waals surface area (Å²) in [5.74, 6) is 0.0327. The molecule has 1 N–H and O–H groups in total. The fraction of sp³-hybridized carbons (Fsp3) is 0.278. The van der Waals surface area contributed by atoms with Crippen molar-refractivity contribution >= 4 is 23.2 Å². The van der Waals surface area contributed by atoms with Crippen molar-refractivity contribution in [1.29, 1.82) is 0 Å². The van der Waals surface area contributed by atoms with E-state index < -0.39 is 5.60 Å². The quantitative estimate of drug-likeness (QED) is 0.921. The summed E-state index contributed by atoms with van der Waals surface area (Å²) in [5.41, 5.74) is 1.67. The second-order valence-corrected chi connectivity index (χ2v) is 6.33. The van der Waals surface area contributed by atoms with E-state index in [-0.39, 0.29) is 5.91 Å². The summed E-state index contributed by atoms with van der Waals surface area (Å²) in [6.07, 6.45) is 0.865. The van der Waals surface area contributed by atoms with Gasteiger partial charge in [0, 0.05) is 22.8 Å². The molecule has 1 aliphatic rings. The third kappa shape index (κ3) is 2.87. The number of anilines is 1. The summed E-state index contributed by atoms with van der Waals surface area (Å²) in [6, 6.07) is 14.9. The van der Waals surface area contributed by atoms with Gasteiger partial charge in [-0.25, -0.2) is 0 Å². The molecule has 1 amide bonds. The topological polar surface area (TPSA) is 40.5 Å². The molecule has 1 aliphatic heterocycles. The molecule has 0 spiro atoms. The summed E-state index contributed by atoms with van der Waals surface area (Å²) >= 11 is 5.87. The van der Waals surface area contributed by atoms with Gasteiger partial charge in [0.1, 0.15) is 0 Å². The number of fused-ring (bicyclic) bond motifs is 1. The molecular weight excluding hydrogens is 298 g/mol. The average molecular weight is 316 g/mol. The minimum Gasteiger partial charge on any atom is -0.385 e. The van der Waals surface area contributed by atoms with E-state index in [1.54, 1.807) is 24.0 Å². The van der Waals surface area contributed by atoms with Crippen molar-refractivity contribution in [3.8, 4) is 0 Å². The van der Waals surface area contributed by atoms with Crippen molar-refractivity contribution in [3.63, 3.8) is 0 Å². The van der Waals surface area contributed by atoms with Crippen molar-refractivity contribution in [2.24, 2.45) is 0 Å². The summed E-state index contributed by atoms with van der Waals surface area (Å²) in [4.78, 5) is 14.4. The molecule has 0 aromatic heterocycles.